The molecule has 0 fully saturated rings. The average Bonchev–Trinajstić information content (AvgIpc) is 2.35. The molecule has 0 amide bonds. The summed E-state index contributed by atoms with van der Waals surface area (Å²) in [5.41, 5.74) is -0.323. The Morgan fingerprint density at radius 3 is 2.94 bits per heavy atom. The van der Waals surface area contributed by atoms with Crippen molar-refractivity contribution in [3.8, 4) is 11.6 Å². The van der Waals surface area contributed by atoms with Gasteiger partial charge in [0.2, 0.25) is 0 Å². The van der Waals surface area contributed by atoms with E-state index in [9.17, 15) is 9.18 Å². The lowest BCUT2D eigenvalue weighted by molar-refractivity contribution is 0.441. The minimum Gasteiger partial charge on any atom is -0.433 e. The van der Waals surface area contributed by atoms with Crippen molar-refractivity contribution in [1.29, 1.82) is 0 Å². The molecule has 0 aliphatic carbocycles. The Morgan fingerprint density at radius 2 is 2.28 bits per heavy atom. The molecule has 0 bridgehead atoms. The smallest absolute Gasteiger partial charge is 0.313 e. The highest BCUT2D eigenvalue weighted by Crippen LogP contribution is 2.27. The molecule has 94 valence electrons. The van der Waals surface area contributed by atoms with E-state index in [4.69, 9.17) is 4.74 Å². The van der Waals surface area contributed by atoms with Crippen LogP contribution in [-0.2, 0) is 6.54 Å². The first-order chi connectivity index (χ1) is 8.61. The summed E-state index contributed by atoms with van der Waals surface area (Å²) in [6.45, 7) is 2.38. The van der Waals surface area contributed by atoms with Crippen molar-refractivity contribution >= 4 is 15.9 Å². The van der Waals surface area contributed by atoms with Gasteiger partial charge in [-0.1, -0.05) is 0 Å². The quantitative estimate of drug-likeness (QED) is 0.875. The zero-order valence-electron chi connectivity index (χ0n) is 9.56. The molecule has 0 unspecified atom stereocenters. The van der Waals surface area contributed by atoms with Gasteiger partial charge in [-0.3, -0.25) is 4.79 Å². The van der Waals surface area contributed by atoms with Crippen molar-refractivity contribution in [3.63, 3.8) is 0 Å². The Kier molecular flexibility index (Phi) is 3.76. The molecular formula is C12H10BrFN2O2. The van der Waals surface area contributed by atoms with Gasteiger partial charge >= 0.3 is 5.56 Å². The predicted octanol–water partition coefficient (Wildman–Crippen LogP) is 2.96. The highest BCUT2D eigenvalue weighted by atomic mass is 79.9. The number of ether oxygens (including phenoxy) is 1. The van der Waals surface area contributed by atoms with Crippen LogP contribution in [0.25, 0.3) is 0 Å². The minimum absolute atomic E-state index is 0.0355. The van der Waals surface area contributed by atoms with E-state index in [-0.39, 0.29) is 17.3 Å². The molecule has 1 aromatic carbocycles. The molecule has 0 spiro atoms. The maximum absolute atomic E-state index is 12.9. The van der Waals surface area contributed by atoms with Crippen LogP contribution in [0.1, 0.15) is 6.92 Å². The van der Waals surface area contributed by atoms with E-state index in [1.807, 2.05) is 6.92 Å². The van der Waals surface area contributed by atoms with Crippen molar-refractivity contribution in [2.45, 2.75) is 13.5 Å². The fourth-order valence-electron chi connectivity index (χ4n) is 1.41. The molecular weight excluding hydrogens is 303 g/mol. The second kappa shape index (κ2) is 5.30. The molecule has 0 aliphatic rings. The van der Waals surface area contributed by atoms with Gasteiger partial charge in [-0.05, 0) is 41.1 Å². The number of nitrogens with zero attached hydrogens (tertiary/aromatic N) is 2. The largest absolute Gasteiger partial charge is 0.433 e. The van der Waals surface area contributed by atoms with Crippen LogP contribution in [0.2, 0.25) is 0 Å². The van der Waals surface area contributed by atoms with E-state index >= 15 is 0 Å². The normalized spacial score (nSPS) is 10.4. The second-order valence-electron chi connectivity index (χ2n) is 3.50. The van der Waals surface area contributed by atoms with E-state index in [0.717, 1.165) is 0 Å². The molecule has 1 heterocycles. The summed E-state index contributed by atoms with van der Waals surface area (Å²) in [4.78, 5) is 15.7. The molecule has 6 heteroatoms. The molecule has 0 N–H and O–H groups in total. The Morgan fingerprint density at radius 1 is 1.50 bits per heavy atom. The van der Waals surface area contributed by atoms with Crippen LogP contribution < -0.4 is 10.3 Å². The van der Waals surface area contributed by atoms with Crippen molar-refractivity contribution in [3.05, 3.63) is 51.2 Å². The van der Waals surface area contributed by atoms with Gasteiger partial charge in [0.1, 0.15) is 11.6 Å². The number of rotatable bonds is 3. The summed E-state index contributed by atoms with van der Waals surface area (Å²) in [5, 5.41) is 0. The van der Waals surface area contributed by atoms with Crippen LogP contribution in [0.4, 0.5) is 4.39 Å². The minimum atomic E-state index is -0.388. The zero-order valence-corrected chi connectivity index (χ0v) is 11.1. The standard InChI is InChI=1S/C12H10BrFN2O2/c1-2-16-6-5-15-11(12(16)17)18-10-4-3-8(14)7-9(10)13/h3-7H,2H2,1H3. The molecule has 0 saturated carbocycles. The van der Waals surface area contributed by atoms with Crippen molar-refractivity contribution in [1.82, 2.24) is 9.55 Å². The summed E-state index contributed by atoms with van der Waals surface area (Å²) in [6.07, 6.45) is 3.06. The number of hydrogen-bond acceptors (Lipinski definition) is 3. The molecule has 0 atom stereocenters. The van der Waals surface area contributed by atoms with Gasteiger partial charge in [-0.15, -0.1) is 0 Å². The first kappa shape index (κ1) is 12.8. The summed E-state index contributed by atoms with van der Waals surface area (Å²) in [6, 6.07) is 3.95. The summed E-state index contributed by atoms with van der Waals surface area (Å²) < 4.78 is 20.2. The van der Waals surface area contributed by atoms with Gasteiger partial charge in [-0.2, -0.15) is 0 Å². The van der Waals surface area contributed by atoms with Crippen molar-refractivity contribution in [2.24, 2.45) is 0 Å². The Hall–Kier alpha value is -1.69. The van der Waals surface area contributed by atoms with E-state index in [1.54, 1.807) is 6.20 Å². The molecule has 2 rings (SSSR count). The Labute approximate surface area is 111 Å². The molecule has 0 saturated heterocycles. The fraction of sp³-hybridized carbons (Fsp3) is 0.167. The van der Waals surface area contributed by atoms with Gasteiger partial charge in [0.25, 0.3) is 5.88 Å². The molecule has 4 nitrogen and oxygen atoms in total. The summed E-state index contributed by atoms with van der Waals surface area (Å²) in [7, 11) is 0. The van der Waals surface area contributed by atoms with Gasteiger partial charge in [-0.25, -0.2) is 9.37 Å². The lowest BCUT2D eigenvalue weighted by Gasteiger charge is -2.07. The number of benzene rings is 1. The van der Waals surface area contributed by atoms with Crippen molar-refractivity contribution < 1.29 is 9.13 Å². The van der Waals surface area contributed by atoms with E-state index < -0.39 is 0 Å². The third kappa shape index (κ3) is 2.59. The SMILES string of the molecule is CCn1ccnc(Oc2ccc(F)cc2Br)c1=O. The highest BCUT2D eigenvalue weighted by molar-refractivity contribution is 9.10. The molecule has 0 aliphatic heterocycles. The number of hydrogen-bond donors (Lipinski definition) is 0. The molecule has 1 aromatic heterocycles. The number of aryl methyl sites for hydroxylation is 1. The number of halogens is 2. The third-order valence-corrected chi connectivity index (χ3v) is 2.94. The topological polar surface area (TPSA) is 44.1 Å². The molecule has 18 heavy (non-hydrogen) atoms. The van der Waals surface area contributed by atoms with Gasteiger partial charge < -0.3 is 9.30 Å². The molecule has 0 radical (unpaired) electrons. The van der Waals surface area contributed by atoms with Crippen LogP contribution >= 0.6 is 15.9 Å². The zero-order chi connectivity index (χ0) is 13.1. The van der Waals surface area contributed by atoms with Crippen LogP contribution in [0.15, 0.2) is 39.9 Å². The van der Waals surface area contributed by atoms with Crippen LogP contribution in [0.5, 0.6) is 11.6 Å². The Balaban J connectivity index is 2.37. The summed E-state index contributed by atoms with van der Waals surface area (Å²) in [5.74, 6) is -0.0808. The number of aromatic nitrogens is 2. The van der Waals surface area contributed by atoms with E-state index in [1.165, 1.54) is 29.0 Å². The van der Waals surface area contributed by atoms with E-state index in [2.05, 4.69) is 20.9 Å². The summed E-state index contributed by atoms with van der Waals surface area (Å²) >= 11 is 3.16. The van der Waals surface area contributed by atoms with Crippen LogP contribution in [0.3, 0.4) is 0 Å². The van der Waals surface area contributed by atoms with Crippen LogP contribution in [0, 0.1) is 5.82 Å². The Bertz CT molecular complexity index is 628. The lowest BCUT2D eigenvalue weighted by atomic mass is 10.3. The monoisotopic (exact) mass is 312 g/mol. The maximum atomic E-state index is 12.9. The highest BCUT2D eigenvalue weighted by Gasteiger charge is 2.09. The second-order valence-corrected chi connectivity index (χ2v) is 4.35. The van der Waals surface area contributed by atoms with Gasteiger partial charge in [0.15, 0.2) is 0 Å². The third-order valence-electron chi connectivity index (χ3n) is 2.32. The maximum Gasteiger partial charge on any atom is 0.313 e. The predicted molar refractivity (Wildman–Crippen MR) is 68.3 cm³/mol. The van der Waals surface area contributed by atoms with E-state index in [0.29, 0.717) is 16.8 Å². The molecule has 2 aromatic rings. The van der Waals surface area contributed by atoms with Gasteiger partial charge in [0, 0.05) is 18.9 Å². The lowest BCUT2D eigenvalue weighted by Crippen LogP contribution is -2.20. The van der Waals surface area contributed by atoms with Crippen molar-refractivity contribution in [2.75, 3.05) is 0 Å². The average molecular weight is 313 g/mol. The fourth-order valence-corrected chi connectivity index (χ4v) is 1.84. The first-order valence-corrected chi connectivity index (χ1v) is 6.09. The first-order valence-electron chi connectivity index (χ1n) is 5.30. The van der Waals surface area contributed by atoms with Gasteiger partial charge in [0.05, 0.1) is 4.47 Å². The van der Waals surface area contributed by atoms with Crippen LogP contribution in [-0.4, -0.2) is 9.55 Å².